The molecule has 1 aliphatic rings. The van der Waals surface area contributed by atoms with Gasteiger partial charge in [-0.25, -0.2) is 0 Å². The number of carbonyl (C=O) groups is 1. The number of ether oxygens (including phenoxy) is 1. The lowest BCUT2D eigenvalue weighted by atomic mass is 10.2. The number of hydrogen-bond acceptors (Lipinski definition) is 3. The second-order valence-electron chi connectivity index (χ2n) is 3.04. The van der Waals surface area contributed by atoms with Crippen LogP contribution in [0.25, 0.3) is 0 Å². The fourth-order valence-corrected chi connectivity index (χ4v) is 1.41. The molecule has 1 aliphatic heterocycles. The number of aromatic nitrogens is 1. The first-order valence-corrected chi connectivity index (χ1v) is 4.62. The number of hydrogen-bond donors (Lipinski definition) is 1. The number of nitrogens with one attached hydrogen (secondary N) is 1. The number of nitrogens with zero attached hydrogens (tertiary/aromatic N) is 1. The van der Waals surface area contributed by atoms with Gasteiger partial charge in [0.2, 0.25) is 5.91 Å². The van der Waals surface area contributed by atoms with Crippen LogP contribution in [0.4, 0.5) is 0 Å². The van der Waals surface area contributed by atoms with Gasteiger partial charge in [0.25, 0.3) is 0 Å². The number of pyridine rings is 1. The predicted molar refractivity (Wildman–Crippen MR) is 50.9 cm³/mol. The molecule has 0 spiro atoms. The summed E-state index contributed by atoms with van der Waals surface area (Å²) in [7, 11) is 0. The lowest BCUT2D eigenvalue weighted by molar-refractivity contribution is -0.131. The smallest absolute Gasteiger partial charge is 0.246 e. The van der Waals surface area contributed by atoms with E-state index in [0.717, 1.165) is 5.69 Å². The topological polar surface area (TPSA) is 51.2 Å². The Bertz CT molecular complexity index is 339. The van der Waals surface area contributed by atoms with Crippen molar-refractivity contribution < 1.29 is 9.53 Å². The normalized spacial score (nSPS) is 21.8. The summed E-state index contributed by atoms with van der Waals surface area (Å²) >= 11 is 5.70. The highest BCUT2D eigenvalue weighted by Gasteiger charge is 2.20. The van der Waals surface area contributed by atoms with Crippen LogP contribution in [0.5, 0.6) is 0 Å². The Morgan fingerprint density at radius 3 is 3.07 bits per heavy atom. The molecule has 1 aromatic heterocycles. The fourth-order valence-electron chi connectivity index (χ4n) is 1.30. The van der Waals surface area contributed by atoms with Crippen LogP contribution in [0, 0.1) is 0 Å². The predicted octanol–water partition coefficient (Wildman–Crippen LogP) is 0.922. The van der Waals surface area contributed by atoms with Crippen LogP contribution in [0.1, 0.15) is 11.7 Å². The minimum absolute atomic E-state index is 0.113. The monoisotopic (exact) mass is 212 g/mol. The molecular weight excluding hydrogens is 204 g/mol. The second kappa shape index (κ2) is 3.94. The van der Waals surface area contributed by atoms with Gasteiger partial charge in [-0.1, -0.05) is 11.6 Å². The number of morpholine rings is 1. The Morgan fingerprint density at radius 2 is 2.43 bits per heavy atom. The van der Waals surface area contributed by atoms with Gasteiger partial charge in [-0.05, 0) is 12.1 Å². The highest BCUT2D eigenvalue weighted by Crippen LogP contribution is 2.15. The molecule has 2 heterocycles. The standard InChI is InChI=1S/C9H9ClN2O2/c10-6-1-2-7(11-3-6)8-4-14-5-9(13)12-8/h1-3,8H,4-5H2,(H,12,13)/t8-/m1/s1. The van der Waals surface area contributed by atoms with Crippen molar-refractivity contribution >= 4 is 17.5 Å². The number of rotatable bonds is 1. The molecule has 1 saturated heterocycles. The molecule has 5 heteroatoms. The zero-order valence-electron chi connectivity index (χ0n) is 7.37. The van der Waals surface area contributed by atoms with Crippen LogP contribution in [0.2, 0.25) is 5.02 Å². The summed E-state index contributed by atoms with van der Waals surface area (Å²) < 4.78 is 5.09. The molecule has 1 atom stereocenters. The molecule has 0 bridgehead atoms. The van der Waals surface area contributed by atoms with Gasteiger partial charge < -0.3 is 10.1 Å². The minimum Gasteiger partial charge on any atom is -0.369 e. The average molecular weight is 213 g/mol. The van der Waals surface area contributed by atoms with Crippen molar-refractivity contribution in [2.45, 2.75) is 6.04 Å². The van der Waals surface area contributed by atoms with Crippen LogP contribution in [-0.2, 0) is 9.53 Å². The van der Waals surface area contributed by atoms with Crippen LogP contribution < -0.4 is 5.32 Å². The van der Waals surface area contributed by atoms with Crippen molar-refractivity contribution in [1.29, 1.82) is 0 Å². The summed E-state index contributed by atoms with van der Waals surface area (Å²) in [6.07, 6.45) is 1.55. The van der Waals surface area contributed by atoms with Crippen molar-refractivity contribution in [3.63, 3.8) is 0 Å². The van der Waals surface area contributed by atoms with Crippen molar-refractivity contribution in [3.05, 3.63) is 29.0 Å². The van der Waals surface area contributed by atoms with Gasteiger partial charge in [0.1, 0.15) is 6.61 Å². The molecule has 0 saturated carbocycles. The van der Waals surface area contributed by atoms with E-state index in [2.05, 4.69) is 10.3 Å². The highest BCUT2D eigenvalue weighted by atomic mass is 35.5. The van der Waals surface area contributed by atoms with E-state index in [0.29, 0.717) is 11.6 Å². The lowest BCUT2D eigenvalue weighted by Crippen LogP contribution is -2.40. The average Bonchev–Trinajstić information content (AvgIpc) is 2.19. The van der Waals surface area contributed by atoms with E-state index in [1.807, 2.05) is 0 Å². The summed E-state index contributed by atoms with van der Waals surface area (Å²) in [6, 6.07) is 3.36. The fraction of sp³-hybridized carbons (Fsp3) is 0.333. The lowest BCUT2D eigenvalue weighted by Gasteiger charge is -2.22. The maximum atomic E-state index is 11.0. The molecule has 2 rings (SSSR count). The molecule has 4 nitrogen and oxygen atoms in total. The molecule has 0 aromatic carbocycles. The summed E-state index contributed by atoms with van der Waals surface area (Å²) in [5.41, 5.74) is 0.766. The first-order valence-electron chi connectivity index (χ1n) is 4.24. The van der Waals surface area contributed by atoms with E-state index in [1.54, 1.807) is 18.3 Å². The Kier molecular flexibility index (Phi) is 2.65. The summed E-state index contributed by atoms with van der Waals surface area (Å²) in [5.74, 6) is -0.113. The molecule has 14 heavy (non-hydrogen) atoms. The van der Waals surface area contributed by atoms with Gasteiger partial charge in [0.15, 0.2) is 0 Å². The van der Waals surface area contributed by atoms with E-state index < -0.39 is 0 Å². The van der Waals surface area contributed by atoms with Crippen molar-refractivity contribution in [1.82, 2.24) is 10.3 Å². The maximum absolute atomic E-state index is 11.0. The van der Waals surface area contributed by atoms with Crippen molar-refractivity contribution in [2.75, 3.05) is 13.2 Å². The Morgan fingerprint density at radius 1 is 1.57 bits per heavy atom. The van der Waals surface area contributed by atoms with Gasteiger partial charge in [-0.3, -0.25) is 9.78 Å². The van der Waals surface area contributed by atoms with Crippen LogP contribution in [0.15, 0.2) is 18.3 Å². The van der Waals surface area contributed by atoms with Crippen molar-refractivity contribution in [2.24, 2.45) is 0 Å². The molecule has 0 aliphatic carbocycles. The van der Waals surface area contributed by atoms with Gasteiger partial charge in [0, 0.05) is 6.20 Å². The van der Waals surface area contributed by atoms with Gasteiger partial charge >= 0.3 is 0 Å². The number of carbonyl (C=O) groups excluding carboxylic acids is 1. The van der Waals surface area contributed by atoms with Gasteiger partial charge in [-0.15, -0.1) is 0 Å². The zero-order valence-corrected chi connectivity index (χ0v) is 8.12. The third-order valence-corrected chi connectivity index (χ3v) is 2.18. The maximum Gasteiger partial charge on any atom is 0.246 e. The van der Waals surface area contributed by atoms with E-state index in [9.17, 15) is 4.79 Å². The van der Waals surface area contributed by atoms with Gasteiger partial charge in [-0.2, -0.15) is 0 Å². The Hall–Kier alpha value is -1.13. The molecule has 1 N–H and O–H groups in total. The molecule has 0 unspecified atom stereocenters. The van der Waals surface area contributed by atoms with E-state index in [4.69, 9.17) is 16.3 Å². The van der Waals surface area contributed by atoms with Crippen LogP contribution >= 0.6 is 11.6 Å². The molecular formula is C9H9ClN2O2. The van der Waals surface area contributed by atoms with Crippen LogP contribution in [-0.4, -0.2) is 24.1 Å². The molecule has 1 amide bonds. The Balaban J connectivity index is 2.14. The molecule has 1 aromatic rings. The summed E-state index contributed by atoms with van der Waals surface area (Å²) in [4.78, 5) is 15.1. The zero-order chi connectivity index (χ0) is 9.97. The van der Waals surface area contributed by atoms with E-state index >= 15 is 0 Å². The van der Waals surface area contributed by atoms with E-state index in [1.165, 1.54) is 0 Å². The van der Waals surface area contributed by atoms with Gasteiger partial charge in [0.05, 0.1) is 23.4 Å². The largest absolute Gasteiger partial charge is 0.369 e. The third-order valence-electron chi connectivity index (χ3n) is 1.96. The highest BCUT2D eigenvalue weighted by molar-refractivity contribution is 6.30. The first kappa shape index (κ1) is 9.43. The molecule has 74 valence electrons. The van der Waals surface area contributed by atoms with E-state index in [-0.39, 0.29) is 18.6 Å². The minimum atomic E-state index is -0.159. The number of amides is 1. The van der Waals surface area contributed by atoms with Crippen LogP contribution in [0.3, 0.4) is 0 Å². The number of halogens is 1. The second-order valence-corrected chi connectivity index (χ2v) is 3.47. The molecule has 0 radical (unpaired) electrons. The van der Waals surface area contributed by atoms with Crippen molar-refractivity contribution in [3.8, 4) is 0 Å². The Labute approximate surface area is 86.2 Å². The third kappa shape index (κ3) is 2.02. The summed E-state index contributed by atoms with van der Waals surface area (Å²) in [6.45, 7) is 0.588. The summed E-state index contributed by atoms with van der Waals surface area (Å²) in [5, 5.41) is 3.36. The quantitative estimate of drug-likeness (QED) is 0.753. The SMILES string of the molecule is O=C1COC[C@H](c2ccc(Cl)cn2)N1. The molecule has 1 fully saturated rings. The first-order chi connectivity index (χ1) is 6.75.